The molecule has 0 radical (unpaired) electrons. The molecule has 10 rings (SSSR count). The van der Waals surface area contributed by atoms with Crippen molar-refractivity contribution in [1.29, 1.82) is 0 Å². The topological polar surface area (TPSA) is 8.17 Å². The van der Waals surface area contributed by atoms with Crippen molar-refractivity contribution >= 4 is 38.9 Å². The van der Waals surface area contributed by atoms with E-state index in [1.54, 1.807) is 0 Å². The van der Waals surface area contributed by atoms with Crippen molar-refractivity contribution in [3.8, 4) is 27.9 Å². The van der Waals surface area contributed by atoms with Gasteiger partial charge in [0.25, 0.3) is 0 Å². The third-order valence-corrected chi connectivity index (χ3v) is 11.4. The molecule has 2 aliphatic rings. The van der Waals surface area contributed by atoms with E-state index in [-0.39, 0.29) is 0 Å². The lowest BCUT2D eigenvalue weighted by molar-refractivity contribution is 0.617. The van der Waals surface area contributed by atoms with Gasteiger partial charge < -0.3 is 9.47 Å². The van der Waals surface area contributed by atoms with Crippen LogP contribution in [-0.4, -0.2) is 4.57 Å². The van der Waals surface area contributed by atoms with Crippen LogP contribution in [0.1, 0.15) is 41.9 Å². The Morgan fingerprint density at radius 3 is 1.81 bits per heavy atom. The molecular weight excluding hydrogens is 629 g/mol. The van der Waals surface area contributed by atoms with Crippen molar-refractivity contribution in [2.75, 3.05) is 4.90 Å². The van der Waals surface area contributed by atoms with Crippen LogP contribution in [-0.2, 0) is 12.8 Å². The Morgan fingerprint density at radius 2 is 1.08 bits per heavy atom. The molecule has 2 aliphatic carbocycles. The maximum atomic E-state index is 2.44. The summed E-state index contributed by atoms with van der Waals surface area (Å²) in [4.78, 5) is 2.44. The van der Waals surface area contributed by atoms with Gasteiger partial charge in [0.2, 0.25) is 0 Å². The summed E-state index contributed by atoms with van der Waals surface area (Å²) in [6.07, 6.45) is 10.3. The number of fused-ring (bicyclic) bond motifs is 6. The van der Waals surface area contributed by atoms with Crippen LogP contribution >= 0.6 is 0 Å². The fourth-order valence-electron chi connectivity index (χ4n) is 8.78. The third kappa shape index (κ3) is 5.26. The maximum Gasteiger partial charge on any atom is 0.0541 e. The van der Waals surface area contributed by atoms with Crippen molar-refractivity contribution in [2.24, 2.45) is 0 Å². The molecule has 1 heterocycles. The van der Waals surface area contributed by atoms with E-state index in [0.29, 0.717) is 5.92 Å². The molecule has 0 saturated carbocycles. The average molecular weight is 669 g/mol. The fourth-order valence-corrected chi connectivity index (χ4v) is 8.78. The minimum Gasteiger partial charge on any atom is -0.310 e. The van der Waals surface area contributed by atoms with E-state index in [1.165, 1.54) is 90.7 Å². The van der Waals surface area contributed by atoms with Crippen molar-refractivity contribution in [3.63, 3.8) is 0 Å². The largest absolute Gasteiger partial charge is 0.310 e. The van der Waals surface area contributed by atoms with E-state index in [4.69, 9.17) is 0 Å². The molecule has 0 amide bonds. The highest BCUT2D eigenvalue weighted by molar-refractivity contribution is 6.09. The molecule has 1 aromatic heterocycles. The molecular formula is C50H40N2. The van der Waals surface area contributed by atoms with Crippen LogP contribution in [0.5, 0.6) is 0 Å². The predicted molar refractivity (Wildman–Crippen MR) is 219 cm³/mol. The second-order valence-electron chi connectivity index (χ2n) is 14.3. The summed E-state index contributed by atoms with van der Waals surface area (Å²) in [6.45, 7) is 0. The summed E-state index contributed by atoms with van der Waals surface area (Å²) < 4.78 is 2.43. The lowest BCUT2D eigenvalue weighted by Gasteiger charge is -2.29. The van der Waals surface area contributed by atoms with Crippen LogP contribution in [0.4, 0.5) is 17.1 Å². The molecule has 0 fully saturated rings. The molecule has 1 unspecified atom stereocenters. The van der Waals surface area contributed by atoms with E-state index in [9.17, 15) is 0 Å². The van der Waals surface area contributed by atoms with Gasteiger partial charge >= 0.3 is 0 Å². The van der Waals surface area contributed by atoms with Gasteiger partial charge in [0, 0.05) is 33.4 Å². The van der Waals surface area contributed by atoms with Gasteiger partial charge in [-0.2, -0.15) is 0 Å². The first-order valence-electron chi connectivity index (χ1n) is 18.7. The molecule has 52 heavy (non-hydrogen) atoms. The van der Waals surface area contributed by atoms with Gasteiger partial charge in [-0.15, -0.1) is 0 Å². The zero-order valence-corrected chi connectivity index (χ0v) is 29.3. The SMILES string of the molecule is C1=CCC(c2ccc(N(c3ccc(-c4ccccc4-n4c5ccccc5c5ccccc54)cc3)c3ccc4c(c3)CCc3ccccc3-4)cc2)CC1. The Kier molecular flexibility index (Phi) is 7.61. The van der Waals surface area contributed by atoms with E-state index in [1.807, 2.05) is 0 Å². The maximum absolute atomic E-state index is 2.44. The number of aromatic nitrogens is 1. The highest BCUT2D eigenvalue weighted by Gasteiger charge is 2.21. The van der Waals surface area contributed by atoms with Crippen LogP contribution in [0, 0.1) is 0 Å². The van der Waals surface area contributed by atoms with Gasteiger partial charge in [-0.1, -0.05) is 121 Å². The first-order chi connectivity index (χ1) is 25.8. The van der Waals surface area contributed by atoms with Gasteiger partial charge in [0.1, 0.15) is 0 Å². The number of rotatable bonds is 6. The summed E-state index contributed by atoms with van der Waals surface area (Å²) >= 11 is 0. The lowest BCUT2D eigenvalue weighted by Crippen LogP contribution is -2.12. The molecule has 250 valence electrons. The van der Waals surface area contributed by atoms with Gasteiger partial charge in [-0.25, -0.2) is 0 Å². The monoisotopic (exact) mass is 668 g/mol. The number of benzene rings is 7. The van der Waals surface area contributed by atoms with Gasteiger partial charge in [-0.05, 0) is 126 Å². The number of nitrogens with zero attached hydrogens (tertiary/aromatic N) is 2. The summed E-state index contributed by atoms with van der Waals surface area (Å²) in [5.41, 5.74) is 16.6. The van der Waals surface area contributed by atoms with E-state index >= 15 is 0 Å². The lowest BCUT2D eigenvalue weighted by atomic mass is 9.85. The molecule has 8 aromatic rings. The molecule has 0 N–H and O–H groups in total. The van der Waals surface area contributed by atoms with E-state index in [0.717, 1.165) is 24.9 Å². The Bertz CT molecular complexity index is 2550. The minimum atomic E-state index is 0.602. The average Bonchev–Trinajstić information content (AvgIpc) is 3.56. The van der Waals surface area contributed by atoms with Gasteiger partial charge in [0.15, 0.2) is 0 Å². The van der Waals surface area contributed by atoms with E-state index < -0.39 is 0 Å². The van der Waals surface area contributed by atoms with Crippen molar-refractivity contribution < 1.29 is 0 Å². The Balaban J connectivity index is 1.07. The van der Waals surface area contributed by atoms with Crippen molar-refractivity contribution in [3.05, 3.63) is 193 Å². The van der Waals surface area contributed by atoms with Crippen LogP contribution in [0.3, 0.4) is 0 Å². The summed E-state index contributed by atoms with van der Waals surface area (Å²) in [7, 11) is 0. The number of para-hydroxylation sites is 3. The smallest absolute Gasteiger partial charge is 0.0541 e. The minimum absolute atomic E-state index is 0.602. The zero-order chi connectivity index (χ0) is 34.4. The van der Waals surface area contributed by atoms with Crippen LogP contribution in [0.15, 0.2) is 176 Å². The summed E-state index contributed by atoms with van der Waals surface area (Å²) in [6, 6.07) is 60.8. The number of anilines is 3. The van der Waals surface area contributed by atoms with Crippen molar-refractivity contribution in [1.82, 2.24) is 4.57 Å². The first-order valence-corrected chi connectivity index (χ1v) is 18.7. The Morgan fingerprint density at radius 1 is 0.481 bits per heavy atom. The van der Waals surface area contributed by atoms with Crippen LogP contribution < -0.4 is 4.90 Å². The summed E-state index contributed by atoms with van der Waals surface area (Å²) in [5.74, 6) is 0.602. The quantitative estimate of drug-likeness (QED) is 0.160. The zero-order valence-electron chi connectivity index (χ0n) is 29.3. The first kappa shape index (κ1) is 30.7. The van der Waals surface area contributed by atoms with Crippen LogP contribution in [0.2, 0.25) is 0 Å². The molecule has 1 atom stereocenters. The van der Waals surface area contributed by atoms with Gasteiger partial charge in [0.05, 0.1) is 16.7 Å². The normalized spacial score (nSPS) is 15.0. The molecule has 0 spiro atoms. The number of allylic oxidation sites excluding steroid dienone is 2. The van der Waals surface area contributed by atoms with Crippen molar-refractivity contribution in [2.45, 2.75) is 38.0 Å². The molecule has 0 saturated heterocycles. The number of aryl methyl sites for hydroxylation is 2. The number of hydrogen-bond acceptors (Lipinski definition) is 1. The Labute approximate surface area is 305 Å². The predicted octanol–water partition coefficient (Wildman–Crippen LogP) is 13.5. The van der Waals surface area contributed by atoms with E-state index in [2.05, 4.69) is 185 Å². The second-order valence-corrected chi connectivity index (χ2v) is 14.3. The second kappa shape index (κ2) is 12.9. The standard InChI is InChI=1S/C50H40N2/c1-2-12-35(13-3-1)36-24-28-40(29-25-36)51(42-32-33-44-39(34-42)23-22-37-14-4-5-15-43(37)44)41-30-26-38(27-31-41)45-16-6-9-19-48(45)52-49-20-10-7-17-46(49)47-18-8-11-21-50(47)52/h1-2,4-11,14-21,24-35H,3,12-13,22-23H2. The fraction of sp³-hybridized carbons (Fsp3) is 0.120. The molecule has 7 aromatic carbocycles. The highest BCUT2D eigenvalue weighted by atomic mass is 15.1. The molecule has 0 aliphatic heterocycles. The number of hydrogen-bond donors (Lipinski definition) is 0. The van der Waals surface area contributed by atoms with Crippen LogP contribution in [0.25, 0.3) is 49.7 Å². The molecule has 2 heteroatoms. The van der Waals surface area contributed by atoms with Gasteiger partial charge in [-0.3, -0.25) is 0 Å². The third-order valence-electron chi connectivity index (χ3n) is 11.4. The highest BCUT2D eigenvalue weighted by Crippen LogP contribution is 2.42. The molecule has 2 nitrogen and oxygen atoms in total. The molecule has 0 bridgehead atoms. The Hall–Kier alpha value is -6.12. The summed E-state index contributed by atoms with van der Waals surface area (Å²) in [5, 5.41) is 2.55.